The first-order chi connectivity index (χ1) is 6.90. The molecule has 1 N–H and O–H groups in total. The molecule has 0 radical (unpaired) electrons. The Bertz CT molecular complexity index is 275. The summed E-state index contributed by atoms with van der Waals surface area (Å²) in [4.78, 5) is 0. The SMILES string of the molecule is CCCn1cnnc1CC1CCNC1. The Morgan fingerprint density at radius 1 is 1.64 bits per heavy atom. The third-order valence-electron chi connectivity index (χ3n) is 2.79. The molecule has 0 aromatic carbocycles. The highest BCUT2D eigenvalue weighted by Gasteiger charge is 2.17. The van der Waals surface area contributed by atoms with Crippen molar-refractivity contribution >= 4 is 0 Å². The van der Waals surface area contributed by atoms with E-state index in [4.69, 9.17) is 0 Å². The van der Waals surface area contributed by atoms with Crippen LogP contribution in [0.4, 0.5) is 0 Å². The van der Waals surface area contributed by atoms with Gasteiger partial charge in [0.15, 0.2) is 0 Å². The molecule has 4 nitrogen and oxygen atoms in total. The summed E-state index contributed by atoms with van der Waals surface area (Å²) in [5.74, 6) is 1.91. The Morgan fingerprint density at radius 3 is 3.29 bits per heavy atom. The second-order valence-corrected chi connectivity index (χ2v) is 4.00. The van der Waals surface area contributed by atoms with Gasteiger partial charge in [0.1, 0.15) is 12.2 Å². The lowest BCUT2D eigenvalue weighted by Crippen LogP contribution is -2.13. The van der Waals surface area contributed by atoms with Crippen LogP contribution in [-0.2, 0) is 13.0 Å². The second-order valence-electron chi connectivity index (χ2n) is 4.00. The fourth-order valence-corrected chi connectivity index (χ4v) is 2.01. The Labute approximate surface area is 84.7 Å². The average Bonchev–Trinajstić information content (AvgIpc) is 2.80. The van der Waals surface area contributed by atoms with Crippen molar-refractivity contribution in [1.82, 2.24) is 20.1 Å². The fraction of sp³-hybridized carbons (Fsp3) is 0.800. The van der Waals surface area contributed by atoms with Crippen molar-refractivity contribution in [2.45, 2.75) is 32.7 Å². The number of hydrogen-bond acceptors (Lipinski definition) is 3. The van der Waals surface area contributed by atoms with Crippen LogP contribution in [0, 0.1) is 5.92 Å². The van der Waals surface area contributed by atoms with E-state index < -0.39 is 0 Å². The van der Waals surface area contributed by atoms with Crippen LogP contribution in [0.2, 0.25) is 0 Å². The van der Waals surface area contributed by atoms with Crippen LogP contribution < -0.4 is 5.32 Å². The zero-order valence-corrected chi connectivity index (χ0v) is 8.74. The van der Waals surface area contributed by atoms with E-state index in [1.807, 2.05) is 6.33 Å². The van der Waals surface area contributed by atoms with E-state index in [1.165, 1.54) is 6.42 Å². The quantitative estimate of drug-likeness (QED) is 0.772. The van der Waals surface area contributed by atoms with E-state index in [0.717, 1.165) is 44.2 Å². The van der Waals surface area contributed by atoms with Gasteiger partial charge in [-0.3, -0.25) is 0 Å². The molecule has 1 unspecified atom stereocenters. The van der Waals surface area contributed by atoms with Crippen LogP contribution in [-0.4, -0.2) is 27.9 Å². The summed E-state index contributed by atoms with van der Waals surface area (Å²) in [6, 6.07) is 0. The summed E-state index contributed by atoms with van der Waals surface area (Å²) in [7, 11) is 0. The highest BCUT2D eigenvalue weighted by molar-refractivity contribution is 4.90. The molecule has 0 aliphatic carbocycles. The highest BCUT2D eigenvalue weighted by atomic mass is 15.3. The van der Waals surface area contributed by atoms with Crippen molar-refractivity contribution in [3.8, 4) is 0 Å². The van der Waals surface area contributed by atoms with Gasteiger partial charge in [0, 0.05) is 13.0 Å². The number of rotatable bonds is 4. The van der Waals surface area contributed by atoms with Gasteiger partial charge in [-0.05, 0) is 31.8 Å². The maximum atomic E-state index is 4.18. The molecule has 1 fully saturated rings. The Kier molecular flexibility index (Phi) is 3.14. The summed E-state index contributed by atoms with van der Waals surface area (Å²) < 4.78 is 2.18. The molecule has 1 atom stereocenters. The molecule has 1 aliphatic rings. The lowest BCUT2D eigenvalue weighted by Gasteiger charge is -2.08. The molecule has 0 bridgehead atoms. The molecule has 1 aromatic rings. The highest BCUT2D eigenvalue weighted by Crippen LogP contribution is 2.13. The molecule has 1 aliphatic heterocycles. The van der Waals surface area contributed by atoms with E-state index >= 15 is 0 Å². The predicted octanol–water partition coefficient (Wildman–Crippen LogP) is 0.840. The molecule has 0 amide bonds. The zero-order valence-electron chi connectivity index (χ0n) is 8.74. The minimum Gasteiger partial charge on any atom is -0.318 e. The van der Waals surface area contributed by atoms with Crippen LogP contribution in [0.5, 0.6) is 0 Å². The molecular weight excluding hydrogens is 176 g/mol. The minimum absolute atomic E-state index is 0.759. The maximum Gasteiger partial charge on any atom is 0.133 e. The first-order valence-electron chi connectivity index (χ1n) is 5.47. The third kappa shape index (κ3) is 2.12. The third-order valence-corrected chi connectivity index (χ3v) is 2.79. The maximum absolute atomic E-state index is 4.18. The van der Waals surface area contributed by atoms with Crippen LogP contribution in [0.25, 0.3) is 0 Å². The summed E-state index contributed by atoms with van der Waals surface area (Å²) >= 11 is 0. The zero-order chi connectivity index (χ0) is 9.80. The molecule has 78 valence electrons. The Hall–Kier alpha value is -0.900. The molecule has 0 saturated carbocycles. The monoisotopic (exact) mass is 194 g/mol. The lowest BCUT2D eigenvalue weighted by atomic mass is 10.0. The number of aryl methyl sites for hydroxylation is 1. The summed E-state index contributed by atoms with van der Waals surface area (Å²) in [5.41, 5.74) is 0. The number of nitrogens with one attached hydrogen (secondary N) is 1. The number of aromatic nitrogens is 3. The van der Waals surface area contributed by atoms with Crippen LogP contribution in [0.1, 0.15) is 25.6 Å². The van der Waals surface area contributed by atoms with Gasteiger partial charge < -0.3 is 9.88 Å². The fourth-order valence-electron chi connectivity index (χ4n) is 2.01. The topological polar surface area (TPSA) is 42.7 Å². The van der Waals surface area contributed by atoms with E-state index in [2.05, 4.69) is 27.0 Å². The predicted molar refractivity (Wildman–Crippen MR) is 55.0 cm³/mol. The van der Waals surface area contributed by atoms with E-state index in [9.17, 15) is 0 Å². The molecular formula is C10H18N4. The van der Waals surface area contributed by atoms with Crippen LogP contribution in [0.15, 0.2) is 6.33 Å². The molecule has 1 aromatic heterocycles. The normalized spacial score (nSPS) is 21.6. The molecule has 4 heteroatoms. The van der Waals surface area contributed by atoms with Crippen molar-refractivity contribution in [3.63, 3.8) is 0 Å². The van der Waals surface area contributed by atoms with Crippen molar-refractivity contribution in [2.75, 3.05) is 13.1 Å². The van der Waals surface area contributed by atoms with Gasteiger partial charge in [-0.25, -0.2) is 0 Å². The van der Waals surface area contributed by atoms with Crippen molar-refractivity contribution in [1.29, 1.82) is 0 Å². The second kappa shape index (κ2) is 4.55. The summed E-state index contributed by atoms with van der Waals surface area (Å²) in [6.45, 7) is 5.52. The van der Waals surface area contributed by atoms with Gasteiger partial charge in [0.25, 0.3) is 0 Å². The Balaban J connectivity index is 1.96. The molecule has 1 saturated heterocycles. The van der Waals surface area contributed by atoms with Crippen LogP contribution in [0.3, 0.4) is 0 Å². The smallest absolute Gasteiger partial charge is 0.133 e. The van der Waals surface area contributed by atoms with Crippen molar-refractivity contribution in [2.24, 2.45) is 5.92 Å². The molecule has 2 rings (SSSR count). The first kappa shape index (κ1) is 9.65. The van der Waals surface area contributed by atoms with Gasteiger partial charge in [-0.15, -0.1) is 10.2 Å². The van der Waals surface area contributed by atoms with Gasteiger partial charge in [-0.1, -0.05) is 6.92 Å². The lowest BCUT2D eigenvalue weighted by molar-refractivity contribution is 0.530. The van der Waals surface area contributed by atoms with Gasteiger partial charge in [0.05, 0.1) is 0 Å². The van der Waals surface area contributed by atoms with Crippen molar-refractivity contribution in [3.05, 3.63) is 12.2 Å². The standard InChI is InChI=1S/C10H18N4/c1-2-5-14-8-12-13-10(14)6-9-3-4-11-7-9/h8-9,11H,2-7H2,1H3. The molecule has 0 spiro atoms. The number of hydrogen-bond donors (Lipinski definition) is 1. The van der Waals surface area contributed by atoms with E-state index in [-0.39, 0.29) is 0 Å². The molecule has 2 heterocycles. The van der Waals surface area contributed by atoms with E-state index in [1.54, 1.807) is 0 Å². The summed E-state index contributed by atoms with van der Waals surface area (Å²) in [6.07, 6.45) is 5.35. The largest absolute Gasteiger partial charge is 0.318 e. The minimum atomic E-state index is 0.759. The van der Waals surface area contributed by atoms with Crippen molar-refractivity contribution < 1.29 is 0 Å². The van der Waals surface area contributed by atoms with Gasteiger partial charge in [0.2, 0.25) is 0 Å². The molecule has 14 heavy (non-hydrogen) atoms. The first-order valence-corrected chi connectivity index (χ1v) is 5.47. The van der Waals surface area contributed by atoms with Gasteiger partial charge >= 0.3 is 0 Å². The number of nitrogens with zero attached hydrogens (tertiary/aromatic N) is 3. The van der Waals surface area contributed by atoms with Crippen LogP contribution >= 0.6 is 0 Å². The Morgan fingerprint density at radius 2 is 2.57 bits per heavy atom. The van der Waals surface area contributed by atoms with Gasteiger partial charge in [-0.2, -0.15) is 0 Å². The summed E-state index contributed by atoms with van der Waals surface area (Å²) in [5, 5.41) is 11.5. The average molecular weight is 194 g/mol. The van der Waals surface area contributed by atoms with E-state index in [0.29, 0.717) is 0 Å².